The van der Waals surface area contributed by atoms with Crippen LogP contribution in [-0.2, 0) is 16.0 Å². The maximum absolute atomic E-state index is 11.8. The second-order valence-corrected chi connectivity index (χ2v) is 5.32. The maximum Gasteiger partial charge on any atom is 0.326 e. The third-order valence-corrected chi connectivity index (χ3v) is 3.33. The highest BCUT2D eigenvalue weighted by atomic mass is 16.7. The summed E-state index contributed by atoms with van der Waals surface area (Å²) in [5, 5.41) is 11.6. The molecule has 1 heterocycles. The number of hydrogen-bond acceptors (Lipinski definition) is 4. The molecule has 0 radical (unpaired) electrons. The molecular formula is C15H19NO5. The SMILES string of the molecule is CC(C)[C@@H](NC(=O)CCc1ccc2c(c1)OCO2)C(=O)O. The Labute approximate surface area is 123 Å². The maximum atomic E-state index is 11.8. The van der Waals surface area contributed by atoms with E-state index >= 15 is 0 Å². The van der Waals surface area contributed by atoms with Crippen LogP contribution in [0.15, 0.2) is 18.2 Å². The van der Waals surface area contributed by atoms with Crippen molar-refractivity contribution < 1.29 is 24.2 Å². The number of carboxylic acids is 1. The van der Waals surface area contributed by atoms with Gasteiger partial charge in [-0.15, -0.1) is 0 Å². The molecule has 2 rings (SSSR count). The Hall–Kier alpha value is -2.24. The van der Waals surface area contributed by atoms with Gasteiger partial charge in [0.25, 0.3) is 0 Å². The van der Waals surface area contributed by atoms with E-state index in [4.69, 9.17) is 14.6 Å². The van der Waals surface area contributed by atoms with E-state index in [2.05, 4.69) is 5.32 Å². The summed E-state index contributed by atoms with van der Waals surface area (Å²) >= 11 is 0. The van der Waals surface area contributed by atoms with Crippen LogP contribution in [0.2, 0.25) is 0 Å². The van der Waals surface area contributed by atoms with Gasteiger partial charge in [0.2, 0.25) is 12.7 Å². The zero-order chi connectivity index (χ0) is 15.4. The lowest BCUT2D eigenvalue weighted by Gasteiger charge is -2.17. The van der Waals surface area contributed by atoms with E-state index in [1.165, 1.54) is 0 Å². The van der Waals surface area contributed by atoms with E-state index in [-0.39, 0.29) is 25.0 Å². The molecule has 0 aromatic heterocycles. The average molecular weight is 293 g/mol. The molecule has 21 heavy (non-hydrogen) atoms. The normalized spacial score (nSPS) is 14.0. The highest BCUT2D eigenvalue weighted by Gasteiger charge is 2.23. The molecule has 0 saturated heterocycles. The summed E-state index contributed by atoms with van der Waals surface area (Å²) in [5.74, 6) is -0.0559. The van der Waals surface area contributed by atoms with Crippen LogP contribution in [-0.4, -0.2) is 29.8 Å². The fraction of sp³-hybridized carbons (Fsp3) is 0.467. The number of aliphatic carboxylic acids is 1. The van der Waals surface area contributed by atoms with Crippen LogP contribution in [0.5, 0.6) is 11.5 Å². The van der Waals surface area contributed by atoms with Crippen molar-refractivity contribution in [3.8, 4) is 11.5 Å². The lowest BCUT2D eigenvalue weighted by atomic mass is 10.0. The van der Waals surface area contributed by atoms with E-state index in [9.17, 15) is 9.59 Å². The molecule has 6 nitrogen and oxygen atoms in total. The highest BCUT2D eigenvalue weighted by molar-refractivity contribution is 5.83. The van der Waals surface area contributed by atoms with E-state index in [1.807, 2.05) is 18.2 Å². The van der Waals surface area contributed by atoms with E-state index in [0.29, 0.717) is 17.9 Å². The molecule has 0 saturated carbocycles. The molecule has 1 aromatic carbocycles. The number of rotatable bonds is 6. The zero-order valence-electron chi connectivity index (χ0n) is 12.1. The molecule has 0 bridgehead atoms. The van der Waals surface area contributed by atoms with Crippen LogP contribution < -0.4 is 14.8 Å². The average Bonchev–Trinajstić information content (AvgIpc) is 2.89. The molecule has 1 aromatic rings. The van der Waals surface area contributed by atoms with Gasteiger partial charge in [-0.05, 0) is 30.0 Å². The largest absolute Gasteiger partial charge is 0.480 e. The number of benzene rings is 1. The topological polar surface area (TPSA) is 84.9 Å². The summed E-state index contributed by atoms with van der Waals surface area (Å²) < 4.78 is 10.5. The van der Waals surface area contributed by atoms with E-state index < -0.39 is 12.0 Å². The molecule has 1 aliphatic heterocycles. The van der Waals surface area contributed by atoms with Crippen molar-refractivity contribution in [2.24, 2.45) is 5.92 Å². The molecule has 1 amide bonds. The van der Waals surface area contributed by atoms with E-state index in [0.717, 1.165) is 5.56 Å². The minimum absolute atomic E-state index is 0.156. The Morgan fingerprint density at radius 3 is 2.67 bits per heavy atom. The van der Waals surface area contributed by atoms with Crippen molar-refractivity contribution in [1.29, 1.82) is 0 Å². The third kappa shape index (κ3) is 3.87. The van der Waals surface area contributed by atoms with Gasteiger partial charge >= 0.3 is 5.97 Å². The number of carboxylic acid groups (broad SMARTS) is 1. The third-order valence-electron chi connectivity index (χ3n) is 3.33. The van der Waals surface area contributed by atoms with Crippen LogP contribution >= 0.6 is 0 Å². The monoisotopic (exact) mass is 293 g/mol. The summed E-state index contributed by atoms with van der Waals surface area (Å²) in [6, 6.07) is 4.67. The minimum atomic E-state index is -1.01. The first-order valence-corrected chi connectivity index (χ1v) is 6.88. The van der Waals surface area contributed by atoms with Crippen LogP contribution in [0.3, 0.4) is 0 Å². The predicted molar refractivity (Wildman–Crippen MR) is 75.3 cm³/mol. The van der Waals surface area contributed by atoms with Crippen molar-refractivity contribution in [1.82, 2.24) is 5.32 Å². The Kier molecular flexibility index (Phi) is 4.67. The quantitative estimate of drug-likeness (QED) is 0.831. The number of ether oxygens (including phenoxy) is 2. The second-order valence-electron chi connectivity index (χ2n) is 5.32. The second kappa shape index (κ2) is 6.47. The first kappa shape index (κ1) is 15.2. The first-order chi connectivity index (χ1) is 9.97. The van der Waals surface area contributed by atoms with Crippen molar-refractivity contribution in [2.45, 2.75) is 32.7 Å². The van der Waals surface area contributed by atoms with Gasteiger partial charge in [0.1, 0.15) is 6.04 Å². The Balaban J connectivity index is 1.88. The molecule has 0 unspecified atom stereocenters. The molecule has 1 atom stereocenters. The Bertz CT molecular complexity index is 541. The molecule has 0 fully saturated rings. The standard InChI is InChI=1S/C15H19NO5/c1-9(2)14(15(18)19)16-13(17)6-4-10-3-5-11-12(7-10)21-8-20-11/h3,5,7,9,14H,4,6,8H2,1-2H3,(H,16,17)(H,18,19)/t14-/m1/s1. The number of nitrogens with one attached hydrogen (secondary N) is 1. The minimum Gasteiger partial charge on any atom is -0.480 e. The lowest BCUT2D eigenvalue weighted by Crippen LogP contribution is -2.44. The van der Waals surface area contributed by atoms with Crippen LogP contribution in [0.1, 0.15) is 25.8 Å². The highest BCUT2D eigenvalue weighted by Crippen LogP contribution is 2.32. The van der Waals surface area contributed by atoms with Gasteiger partial charge in [0.05, 0.1) is 0 Å². The van der Waals surface area contributed by atoms with Crippen molar-refractivity contribution in [3.05, 3.63) is 23.8 Å². The van der Waals surface area contributed by atoms with Crippen LogP contribution in [0.4, 0.5) is 0 Å². The lowest BCUT2D eigenvalue weighted by molar-refractivity contribution is -0.143. The van der Waals surface area contributed by atoms with Gasteiger partial charge in [-0.25, -0.2) is 4.79 Å². The van der Waals surface area contributed by atoms with Gasteiger partial charge < -0.3 is 19.9 Å². The van der Waals surface area contributed by atoms with Gasteiger partial charge in [-0.3, -0.25) is 4.79 Å². The number of fused-ring (bicyclic) bond motifs is 1. The predicted octanol–water partition coefficient (Wildman–Crippen LogP) is 1.57. The molecule has 6 heteroatoms. The fourth-order valence-corrected chi connectivity index (χ4v) is 2.11. The summed E-state index contributed by atoms with van der Waals surface area (Å²) in [6.07, 6.45) is 0.753. The molecular weight excluding hydrogens is 274 g/mol. The summed E-state index contributed by atoms with van der Waals surface area (Å²) in [4.78, 5) is 22.9. The van der Waals surface area contributed by atoms with Crippen molar-refractivity contribution >= 4 is 11.9 Å². The van der Waals surface area contributed by atoms with Gasteiger partial charge in [0, 0.05) is 6.42 Å². The number of carbonyl (C=O) groups is 2. The Morgan fingerprint density at radius 2 is 2.00 bits per heavy atom. The van der Waals surface area contributed by atoms with Crippen molar-refractivity contribution in [2.75, 3.05) is 6.79 Å². The summed E-state index contributed by atoms with van der Waals surface area (Å²) in [7, 11) is 0. The number of hydrogen-bond donors (Lipinski definition) is 2. The number of carbonyl (C=O) groups excluding carboxylic acids is 1. The van der Waals surface area contributed by atoms with E-state index in [1.54, 1.807) is 13.8 Å². The van der Waals surface area contributed by atoms with Gasteiger partial charge in [0.15, 0.2) is 11.5 Å². The number of amides is 1. The van der Waals surface area contributed by atoms with Crippen LogP contribution in [0, 0.1) is 5.92 Å². The smallest absolute Gasteiger partial charge is 0.326 e. The summed E-state index contributed by atoms with van der Waals surface area (Å²) in [5.41, 5.74) is 0.950. The van der Waals surface area contributed by atoms with Crippen molar-refractivity contribution in [3.63, 3.8) is 0 Å². The fourth-order valence-electron chi connectivity index (χ4n) is 2.11. The molecule has 1 aliphatic rings. The Morgan fingerprint density at radius 1 is 1.29 bits per heavy atom. The zero-order valence-corrected chi connectivity index (χ0v) is 12.1. The number of aryl methyl sites for hydroxylation is 1. The summed E-state index contributed by atoms with van der Waals surface area (Å²) in [6.45, 7) is 3.74. The van der Waals surface area contributed by atoms with Gasteiger partial charge in [-0.1, -0.05) is 19.9 Å². The van der Waals surface area contributed by atoms with Crippen LogP contribution in [0.25, 0.3) is 0 Å². The molecule has 2 N–H and O–H groups in total. The molecule has 0 aliphatic carbocycles. The van der Waals surface area contributed by atoms with Gasteiger partial charge in [-0.2, -0.15) is 0 Å². The molecule has 0 spiro atoms. The molecule has 114 valence electrons. The first-order valence-electron chi connectivity index (χ1n) is 6.88.